The monoisotopic (exact) mass is 462 g/mol. The number of thiocarbonyl (C=S) groups is 1. The van der Waals surface area contributed by atoms with Gasteiger partial charge in [0.2, 0.25) is 5.91 Å². The van der Waals surface area contributed by atoms with Gasteiger partial charge in [-0.25, -0.2) is 0 Å². The number of rotatable bonds is 7. The molecular formula is C21H23ClN4O4S. The molecule has 2 aromatic carbocycles. The first-order valence-corrected chi connectivity index (χ1v) is 10.2. The number of carbonyl (C=O) groups excluding carboxylic acids is 3. The van der Waals surface area contributed by atoms with Crippen molar-refractivity contribution >= 4 is 52.3 Å². The van der Waals surface area contributed by atoms with Gasteiger partial charge in [-0.15, -0.1) is 0 Å². The maximum Gasteiger partial charge on any atom is 0.269 e. The maximum absolute atomic E-state index is 12.2. The van der Waals surface area contributed by atoms with Crippen LogP contribution in [0.3, 0.4) is 0 Å². The average molecular weight is 463 g/mol. The van der Waals surface area contributed by atoms with E-state index >= 15 is 0 Å². The van der Waals surface area contributed by atoms with Crippen LogP contribution in [0.1, 0.15) is 30.6 Å². The molecule has 0 aliphatic carbocycles. The summed E-state index contributed by atoms with van der Waals surface area (Å²) in [4.78, 5) is 35.9. The minimum atomic E-state index is -0.520. The van der Waals surface area contributed by atoms with E-state index < -0.39 is 11.8 Å². The molecule has 2 rings (SSSR count). The molecular weight excluding hydrogens is 440 g/mol. The molecule has 0 aliphatic rings. The second kappa shape index (κ2) is 11.9. The van der Waals surface area contributed by atoms with Crippen LogP contribution < -0.4 is 26.2 Å². The van der Waals surface area contributed by atoms with Gasteiger partial charge in [0, 0.05) is 17.7 Å². The highest BCUT2D eigenvalue weighted by molar-refractivity contribution is 7.80. The predicted octanol–water partition coefficient (Wildman–Crippen LogP) is 3.04. The highest BCUT2D eigenvalue weighted by Gasteiger charge is 2.10. The van der Waals surface area contributed by atoms with Crippen molar-refractivity contribution in [3.05, 3.63) is 59.1 Å². The number of ether oxygens (including phenoxy) is 1. The number of hydrogen-bond donors (Lipinski definition) is 4. The second-order valence-electron chi connectivity index (χ2n) is 6.90. The minimum absolute atomic E-state index is 0.0894. The van der Waals surface area contributed by atoms with Gasteiger partial charge in [-0.1, -0.05) is 37.6 Å². The molecule has 0 aromatic heterocycles. The van der Waals surface area contributed by atoms with Crippen LogP contribution >= 0.6 is 23.8 Å². The molecule has 164 valence electrons. The number of anilines is 1. The molecule has 0 atom stereocenters. The normalized spacial score (nSPS) is 10.2. The molecule has 3 amide bonds. The van der Waals surface area contributed by atoms with Crippen molar-refractivity contribution in [3.63, 3.8) is 0 Å². The van der Waals surface area contributed by atoms with Crippen LogP contribution in [-0.2, 0) is 9.59 Å². The lowest BCUT2D eigenvalue weighted by molar-refractivity contribution is -0.121. The van der Waals surface area contributed by atoms with E-state index in [4.69, 9.17) is 28.6 Å². The van der Waals surface area contributed by atoms with E-state index in [0.29, 0.717) is 28.4 Å². The quantitative estimate of drug-likeness (QED) is 0.372. The Labute approximate surface area is 190 Å². The fraction of sp³-hybridized carbons (Fsp3) is 0.238. The lowest BCUT2D eigenvalue weighted by Gasteiger charge is -2.12. The lowest BCUT2D eigenvalue weighted by atomic mass is 10.1. The van der Waals surface area contributed by atoms with Gasteiger partial charge in [-0.3, -0.25) is 30.6 Å². The number of benzene rings is 2. The van der Waals surface area contributed by atoms with Crippen molar-refractivity contribution in [3.8, 4) is 5.75 Å². The molecule has 0 unspecified atom stereocenters. The summed E-state index contributed by atoms with van der Waals surface area (Å²) < 4.78 is 5.31. The summed E-state index contributed by atoms with van der Waals surface area (Å²) in [6, 6.07) is 13.1. The van der Waals surface area contributed by atoms with Gasteiger partial charge in [0.1, 0.15) is 5.75 Å². The Hall–Kier alpha value is -3.17. The molecule has 0 heterocycles. The smallest absolute Gasteiger partial charge is 0.269 e. The zero-order valence-corrected chi connectivity index (χ0v) is 18.6. The van der Waals surface area contributed by atoms with Crippen molar-refractivity contribution in [2.75, 3.05) is 11.9 Å². The van der Waals surface area contributed by atoms with Crippen molar-refractivity contribution in [2.45, 2.75) is 20.3 Å². The molecule has 0 saturated carbocycles. The topological polar surface area (TPSA) is 109 Å². The van der Waals surface area contributed by atoms with Crippen LogP contribution in [0, 0.1) is 5.92 Å². The minimum Gasteiger partial charge on any atom is -0.482 e. The van der Waals surface area contributed by atoms with E-state index in [1.54, 1.807) is 48.5 Å². The van der Waals surface area contributed by atoms with E-state index in [9.17, 15) is 14.4 Å². The zero-order valence-electron chi connectivity index (χ0n) is 17.0. The van der Waals surface area contributed by atoms with E-state index in [2.05, 4.69) is 21.5 Å². The molecule has 31 heavy (non-hydrogen) atoms. The summed E-state index contributed by atoms with van der Waals surface area (Å²) in [5, 5.41) is 5.42. The van der Waals surface area contributed by atoms with Crippen molar-refractivity contribution in [1.82, 2.24) is 16.2 Å². The van der Waals surface area contributed by atoms with Crippen molar-refractivity contribution in [1.29, 1.82) is 0 Å². The molecule has 0 radical (unpaired) electrons. The van der Waals surface area contributed by atoms with Crippen LogP contribution in [0.25, 0.3) is 0 Å². The molecule has 0 saturated heterocycles. The number of para-hydroxylation sites is 1. The Kier molecular flexibility index (Phi) is 9.23. The Bertz CT molecular complexity index is 951. The van der Waals surface area contributed by atoms with Crippen LogP contribution in [0.5, 0.6) is 5.75 Å². The summed E-state index contributed by atoms with van der Waals surface area (Å²) in [5.41, 5.74) is 5.75. The molecule has 0 spiro atoms. The van der Waals surface area contributed by atoms with E-state index in [0.717, 1.165) is 0 Å². The number of hydrazine groups is 1. The van der Waals surface area contributed by atoms with Crippen LogP contribution in [-0.4, -0.2) is 29.4 Å². The first-order chi connectivity index (χ1) is 14.7. The number of hydrogen-bond acceptors (Lipinski definition) is 5. The Balaban J connectivity index is 1.74. The summed E-state index contributed by atoms with van der Waals surface area (Å²) in [6.07, 6.45) is 0.415. The molecule has 4 N–H and O–H groups in total. The van der Waals surface area contributed by atoms with Crippen LogP contribution in [0.4, 0.5) is 5.69 Å². The molecule has 0 fully saturated rings. The zero-order chi connectivity index (χ0) is 22.8. The van der Waals surface area contributed by atoms with Gasteiger partial charge in [0.25, 0.3) is 11.8 Å². The standard InChI is InChI=1S/C21H23ClN4O4S/c1-13(2)11-18(27)23-15-9-7-14(8-10-15)20(29)25-26-21(31)24-19(28)12-30-17-6-4-3-5-16(17)22/h3-10,13H,11-12H2,1-2H3,(H,23,27)(H,25,29)(H2,24,26,28,31). The highest BCUT2D eigenvalue weighted by atomic mass is 35.5. The molecule has 2 aromatic rings. The van der Waals surface area contributed by atoms with E-state index in [-0.39, 0.29) is 23.5 Å². The Morgan fingerprint density at radius 2 is 1.68 bits per heavy atom. The number of carbonyl (C=O) groups is 3. The maximum atomic E-state index is 12.2. The van der Waals surface area contributed by atoms with Gasteiger partial charge >= 0.3 is 0 Å². The first-order valence-electron chi connectivity index (χ1n) is 9.42. The van der Waals surface area contributed by atoms with Crippen molar-refractivity contribution < 1.29 is 19.1 Å². The van der Waals surface area contributed by atoms with Crippen molar-refractivity contribution in [2.24, 2.45) is 5.92 Å². The number of amides is 3. The Morgan fingerprint density at radius 1 is 1.00 bits per heavy atom. The third-order valence-corrected chi connectivity index (χ3v) is 4.28. The fourth-order valence-corrected chi connectivity index (χ4v) is 2.73. The average Bonchev–Trinajstić information content (AvgIpc) is 2.71. The molecule has 0 aliphatic heterocycles. The SMILES string of the molecule is CC(C)CC(=O)Nc1ccc(C(=O)NNC(=S)NC(=O)COc2ccccc2Cl)cc1. The number of nitrogens with one attached hydrogen (secondary N) is 4. The van der Waals surface area contributed by atoms with Crippen LogP contribution in [0.2, 0.25) is 5.02 Å². The van der Waals surface area contributed by atoms with Gasteiger partial charge < -0.3 is 10.1 Å². The third-order valence-electron chi connectivity index (χ3n) is 3.76. The largest absolute Gasteiger partial charge is 0.482 e. The summed E-state index contributed by atoms with van der Waals surface area (Å²) in [7, 11) is 0. The lowest BCUT2D eigenvalue weighted by Crippen LogP contribution is -2.49. The predicted molar refractivity (Wildman–Crippen MR) is 123 cm³/mol. The molecule has 0 bridgehead atoms. The highest BCUT2D eigenvalue weighted by Crippen LogP contribution is 2.22. The first kappa shape index (κ1) is 24.1. The van der Waals surface area contributed by atoms with E-state index in [1.165, 1.54) is 0 Å². The Morgan fingerprint density at radius 3 is 2.32 bits per heavy atom. The van der Waals surface area contributed by atoms with Crippen LogP contribution in [0.15, 0.2) is 48.5 Å². The van der Waals surface area contributed by atoms with E-state index in [1.807, 2.05) is 13.8 Å². The number of halogens is 1. The summed E-state index contributed by atoms with van der Waals surface area (Å²) >= 11 is 10.9. The second-order valence-corrected chi connectivity index (χ2v) is 7.71. The van der Waals surface area contributed by atoms with Gasteiger partial charge in [0.15, 0.2) is 11.7 Å². The third kappa shape index (κ3) is 8.61. The molecule has 8 nitrogen and oxygen atoms in total. The summed E-state index contributed by atoms with van der Waals surface area (Å²) in [6.45, 7) is 3.61. The summed E-state index contributed by atoms with van der Waals surface area (Å²) in [5.74, 6) is -0.455. The fourth-order valence-electron chi connectivity index (χ4n) is 2.37. The molecule has 10 heteroatoms. The van der Waals surface area contributed by atoms with Gasteiger partial charge in [-0.05, 0) is 54.5 Å². The van der Waals surface area contributed by atoms with Gasteiger partial charge in [0.05, 0.1) is 5.02 Å². The van der Waals surface area contributed by atoms with Gasteiger partial charge in [-0.2, -0.15) is 0 Å².